The van der Waals surface area contributed by atoms with E-state index in [1.807, 2.05) is 19.9 Å². The number of anilines is 1. The molecule has 28 heavy (non-hydrogen) atoms. The number of methoxy groups -OCH3 is 1. The van der Waals surface area contributed by atoms with Crippen molar-refractivity contribution in [3.05, 3.63) is 53.1 Å². The molecular weight excluding hydrogens is 380 g/mol. The van der Waals surface area contributed by atoms with Gasteiger partial charge in [-0.3, -0.25) is 4.79 Å². The van der Waals surface area contributed by atoms with E-state index >= 15 is 0 Å². The normalized spacial score (nSPS) is 10.6. The average molecular weight is 401 g/mol. The van der Waals surface area contributed by atoms with Gasteiger partial charge in [-0.05, 0) is 55.8 Å². The second kappa shape index (κ2) is 10.2. The summed E-state index contributed by atoms with van der Waals surface area (Å²) in [6.45, 7) is 3.75. The van der Waals surface area contributed by atoms with Crippen molar-refractivity contribution in [1.29, 1.82) is 5.26 Å². The van der Waals surface area contributed by atoms with Crippen LogP contribution >= 0.6 is 11.6 Å². The number of nitriles is 1. The number of nitrogens with one attached hydrogen (secondary N) is 1. The number of hydrogen-bond acceptors (Lipinski definition) is 5. The first-order valence-corrected chi connectivity index (χ1v) is 8.93. The fraction of sp³-hybridized carbons (Fsp3) is 0.238. The van der Waals surface area contributed by atoms with Gasteiger partial charge in [-0.1, -0.05) is 17.7 Å². The van der Waals surface area contributed by atoms with Gasteiger partial charge in [0.1, 0.15) is 11.8 Å². The summed E-state index contributed by atoms with van der Waals surface area (Å²) in [6.07, 6.45) is 3.05. The summed E-state index contributed by atoms with van der Waals surface area (Å²) in [7, 11) is 1.51. The number of ether oxygens (including phenoxy) is 3. The first kappa shape index (κ1) is 21.1. The van der Waals surface area contributed by atoms with Gasteiger partial charge >= 0.3 is 0 Å². The maximum Gasteiger partial charge on any atom is 0.248 e. The minimum Gasteiger partial charge on any atom is -0.493 e. The molecule has 0 atom stereocenters. The van der Waals surface area contributed by atoms with Crippen LogP contribution in [0.15, 0.2) is 42.5 Å². The summed E-state index contributed by atoms with van der Waals surface area (Å²) in [5, 5.41) is 11.8. The van der Waals surface area contributed by atoms with Crippen molar-refractivity contribution in [1.82, 2.24) is 0 Å². The molecule has 0 fully saturated rings. The molecule has 0 unspecified atom stereocenters. The highest BCUT2D eigenvalue weighted by atomic mass is 35.5. The Bertz CT molecular complexity index is 904. The monoisotopic (exact) mass is 400 g/mol. The van der Waals surface area contributed by atoms with Crippen LogP contribution in [-0.4, -0.2) is 25.7 Å². The van der Waals surface area contributed by atoms with Crippen LogP contribution < -0.4 is 19.5 Å². The van der Waals surface area contributed by atoms with Crippen LogP contribution in [0.1, 0.15) is 19.4 Å². The second-order valence-electron chi connectivity index (χ2n) is 5.99. The van der Waals surface area contributed by atoms with Gasteiger partial charge in [0.2, 0.25) is 5.91 Å². The number of benzene rings is 2. The zero-order valence-corrected chi connectivity index (χ0v) is 16.6. The molecule has 0 radical (unpaired) electrons. The zero-order valence-electron chi connectivity index (χ0n) is 15.9. The summed E-state index contributed by atoms with van der Waals surface area (Å²) >= 11 is 6.17. The second-order valence-corrected chi connectivity index (χ2v) is 6.40. The van der Waals surface area contributed by atoms with Crippen molar-refractivity contribution in [2.24, 2.45) is 0 Å². The molecule has 0 aliphatic rings. The predicted octanol–water partition coefficient (Wildman–Crippen LogP) is 4.69. The largest absolute Gasteiger partial charge is 0.493 e. The maximum absolute atomic E-state index is 12.2. The number of carbonyl (C=O) groups is 1. The molecule has 2 rings (SSSR count). The molecule has 0 aromatic heterocycles. The highest BCUT2D eigenvalue weighted by Gasteiger charge is 2.07. The molecule has 146 valence electrons. The predicted molar refractivity (Wildman–Crippen MR) is 109 cm³/mol. The molecule has 2 aromatic carbocycles. The lowest BCUT2D eigenvalue weighted by atomic mass is 10.2. The number of nitrogens with zero attached hydrogens (tertiary/aromatic N) is 1. The van der Waals surface area contributed by atoms with Crippen LogP contribution in [-0.2, 0) is 4.79 Å². The van der Waals surface area contributed by atoms with Gasteiger partial charge in [-0.2, -0.15) is 5.26 Å². The summed E-state index contributed by atoms with van der Waals surface area (Å²) in [5.41, 5.74) is 1.31. The van der Waals surface area contributed by atoms with Crippen molar-refractivity contribution in [3.63, 3.8) is 0 Å². The van der Waals surface area contributed by atoms with Crippen LogP contribution in [0, 0.1) is 11.3 Å². The van der Waals surface area contributed by atoms with E-state index < -0.39 is 0 Å². The van der Waals surface area contributed by atoms with E-state index in [0.717, 1.165) is 5.56 Å². The van der Waals surface area contributed by atoms with E-state index in [2.05, 4.69) is 5.32 Å². The first-order chi connectivity index (χ1) is 13.4. The summed E-state index contributed by atoms with van der Waals surface area (Å²) in [5.74, 6) is 1.20. The molecule has 0 bridgehead atoms. The Hall–Kier alpha value is -3.17. The lowest BCUT2D eigenvalue weighted by Crippen LogP contribution is -2.09. The Morgan fingerprint density at radius 1 is 1.21 bits per heavy atom. The Balaban J connectivity index is 2.03. The van der Waals surface area contributed by atoms with Crippen molar-refractivity contribution < 1.29 is 19.0 Å². The van der Waals surface area contributed by atoms with E-state index in [4.69, 9.17) is 31.1 Å². The lowest BCUT2D eigenvalue weighted by Gasteiger charge is -2.12. The molecule has 0 spiro atoms. The van der Waals surface area contributed by atoms with E-state index in [9.17, 15) is 4.79 Å². The Labute approximate surface area is 169 Å². The van der Waals surface area contributed by atoms with E-state index in [-0.39, 0.29) is 18.6 Å². The lowest BCUT2D eigenvalue weighted by molar-refractivity contribution is -0.111. The molecule has 6 nitrogen and oxygen atoms in total. The van der Waals surface area contributed by atoms with Gasteiger partial charge in [0.15, 0.2) is 18.1 Å². The number of carbonyl (C=O) groups excluding carboxylic acids is 1. The van der Waals surface area contributed by atoms with Crippen LogP contribution in [0.2, 0.25) is 5.02 Å². The average Bonchev–Trinajstić information content (AvgIpc) is 2.66. The SMILES string of the molecule is COc1cc(/C=C/C(=O)Nc2ccc(OC(C)C)c(Cl)c2)ccc1OCC#N. The molecule has 1 N–H and O–H groups in total. The van der Waals surface area contributed by atoms with Crippen LogP contribution in [0.3, 0.4) is 0 Å². The van der Waals surface area contributed by atoms with Gasteiger partial charge < -0.3 is 19.5 Å². The van der Waals surface area contributed by atoms with Crippen LogP contribution in [0.5, 0.6) is 17.2 Å². The number of hydrogen-bond donors (Lipinski definition) is 1. The van der Waals surface area contributed by atoms with Gasteiger partial charge in [0.25, 0.3) is 0 Å². The molecule has 0 heterocycles. The number of amides is 1. The highest BCUT2D eigenvalue weighted by molar-refractivity contribution is 6.32. The van der Waals surface area contributed by atoms with Gasteiger partial charge in [-0.25, -0.2) is 0 Å². The third-order valence-corrected chi connectivity index (χ3v) is 3.76. The van der Waals surface area contributed by atoms with E-state index in [1.54, 1.807) is 42.5 Å². The number of halogens is 1. The molecule has 0 saturated heterocycles. The molecular formula is C21H21ClN2O4. The van der Waals surface area contributed by atoms with Gasteiger partial charge in [0.05, 0.1) is 18.2 Å². The first-order valence-electron chi connectivity index (χ1n) is 8.56. The summed E-state index contributed by atoms with van der Waals surface area (Å²) in [6, 6.07) is 12.1. The molecule has 1 amide bonds. The van der Waals surface area contributed by atoms with Crippen LogP contribution in [0.25, 0.3) is 6.08 Å². The maximum atomic E-state index is 12.2. The Morgan fingerprint density at radius 3 is 2.61 bits per heavy atom. The van der Waals surface area contributed by atoms with Gasteiger partial charge in [-0.15, -0.1) is 0 Å². The minimum absolute atomic E-state index is 0.00885. The third-order valence-electron chi connectivity index (χ3n) is 3.47. The van der Waals surface area contributed by atoms with E-state index in [1.165, 1.54) is 13.2 Å². The minimum atomic E-state index is -0.308. The highest BCUT2D eigenvalue weighted by Crippen LogP contribution is 2.29. The molecule has 7 heteroatoms. The smallest absolute Gasteiger partial charge is 0.248 e. The Kier molecular flexibility index (Phi) is 7.73. The fourth-order valence-corrected chi connectivity index (χ4v) is 2.53. The fourth-order valence-electron chi connectivity index (χ4n) is 2.30. The number of rotatable bonds is 8. The molecule has 0 aliphatic heterocycles. The summed E-state index contributed by atoms with van der Waals surface area (Å²) in [4.78, 5) is 12.2. The van der Waals surface area contributed by atoms with Gasteiger partial charge in [0, 0.05) is 11.8 Å². The Morgan fingerprint density at radius 2 is 1.96 bits per heavy atom. The third kappa shape index (κ3) is 6.22. The molecule has 0 saturated carbocycles. The van der Waals surface area contributed by atoms with Crippen molar-refractivity contribution in [2.75, 3.05) is 19.0 Å². The standard InChI is InChI=1S/C21H21ClN2O4/c1-14(2)28-18-8-6-16(13-17(18)22)24-21(25)9-5-15-4-7-19(27-11-10-23)20(12-15)26-3/h4-9,12-14H,11H2,1-3H3,(H,24,25)/b9-5+. The van der Waals surface area contributed by atoms with E-state index in [0.29, 0.717) is 28.0 Å². The molecule has 2 aromatic rings. The zero-order chi connectivity index (χ0) is 20.5. The molecule has 0 aliphatic carbocycles. The van der Waals surface area contributed by atoms with Crippen molar-refractivity contribution in [2.45, 2.75) is 20.0 Å². The topological polar surface area (TPSA) is 80.6 Å². The van der Waals surface area contributed by atoms with Crippen molar-refractivity contribution in [3.8, 4) is 23.3 Å². The van der Waals surface area contributed by atoms with Crippen molar-refractivity contribution >= 4 is 29.3 Å². The quantitative estimate of drug-likeness (QED) is 0.650. The van der Waals surface area contributed by atoms with Crippen LogP contribution in [0.4, 0.5) is 5.69 Å². The summed E-state index contributed by atoms with van der Waals surface area (Å²) < 4.78 is 16.1.